The summed E-state index contributed by atoms with van der Waals surface area (Å²) in [5.74, 6) is 0.282. The molecule has 4 aliphatic carbocycles. The van der Waals surface area contributed by atoms with Gasteiger partial charge in [0.2, 0.25) is 0 Å². The van der Waals surface area contributed by atoms with Crippen LogP contribution in [0.4, 0.5) is 18.9 Å². The summed E-state index contributed by atoms with van der Waals surface area (Å²) < 4.78 is 39.8. The van der Waals surface area contributed by atoms with Gasteiger partial charge in [0.15, 0.2) is 0 Å². The molecule has 41 heavy (non-hydrogen) atoms. The van der Waals surface area contributed by atoms with Crippen LogP contribution in [-0.2, 0) is 17.5 Å². The number of carboxylic acids is 1. The molecule has 4 bridgehead atoms. The van der Waals surface area contributed by atoms with E-state index in [-0.39, 0.29) is 12.5 Å². The number of halogens is 3. The summed E-state index contributed by atoms with van der Waals surface area (Å²) in [6, 6.07) is 15.5. The van der Waals surface area contributed by atoms with Gasteiger partial charge in [0.1, 0.15) is 12.2 Å². The Labute approximate surface area is 236 Å². The van der Waals surface area contributed by atoms with Crippen molar-refractivity contribution < 1.29 is 27.9 Å². The van der Waals surface area contributed by atoms with Gasteiger partial charge in [-0.3, -0.25) is 4.79 Å². The standard InChI is InChI=1S/C33H33F3N2O3/c1-19-37(18-20-6-9-25(10-7-20)33(34,35)36)28-26-5-3-2-4-24(26)8-11-27(28)30(39)38(19)29(31(40)41)32-15-21-12-22(16-32)14-23(13-21)17-32/h2-11,19,21-23,29H,12-18H2,1H3,(H,40,41)/t19-,21?,22?,23?,29?,32?/m0/s1. The highest BCUT2D eigenvalue weighted by molar-refractivity contribution is 6.11. The molecule has 0 saturated heterocycles. The predicted octanol–water partition coefficient (Wildman–Crippen LogP) is 7.34. The smallest absolute Gasteiger partial charge is 0.416 e. The van der Waals surface area contributed by atoms with Crippen LogP contribution >= 0.6 is 0 Å². The molecule has 4 saturated carbocycles. The van der Waals surface area contributed by atoms with Crippen LogP contribution in [0.25, 0.3) is 10.8 Å². The van der Waals surface area contributed by atoms with Crippen LogP contribution in [0.1, 0.15) is 66.9 Å². The fourth-order valence-electron chi connectivity index (χ4n) is 9.11. The number of amides is 1. The molecule has 4 fully saturated rings. The van der Waals surface area contributed by atoms with Gasteiger partial charge in [0, 0.05) is 17.3 Å². The van der Waals surface area contributed by atoms with Crippen molar-refractivity contribution in [1.82, 2.24) is 4.90 Å². The molecular weight excluding hydrogens is 529 g/mol. The zero-order chi connectivity index (χ0) is 28.7. The minimum Gasteiger partial charge on any atom is -0.480 e. The number of fused-ring (bicyclic) bond motifs is 3. The Kier molecular flexibility index (Phi) is 5.93. The molecular formula is C33H33F3N2O3. The van der Waals surface area contributed by atoms with Crippen molar-refractivity contribution in [2.24, 2.45) is 23.2 Å². The number of rotatable bonds is 5. The summed E-state index contributed by atoms with van der Waals surface area (Å²) in [4.78, 5) is 31.2. The number of hydrogen-bond acceptors (Lipinski definition) is 3. The van der Waals surface area contributed by atoms with Crippen LogP contribution in [0.5, 0.6) is 0 Å². The van der Waals surface area contributed by atoms with Gasteiger partial charge in [0.25, 0.3) is 5.91 Å². The summed E-state index contributed by atoms with van der Waals surface area (Å²) in [6.07, 6.45) is 0.909. The summed E-state index contributed by atoms with van der Waals surface area (Å²) in [5, 5.41) is 12.6. The third-order valence-corrected chi connectivity index (χ3v) is 10.3. The molecule has 8 rings (SSSR count). The number of aliphatic carboxylic acids is 1. The number of carbonyl (C=O) groups is 2. The number of hydrogen-bond donors (Lipinski definition) is 1. The number of anilines is 1. The first-order valence-electron chi connectivity index (χ1n) is 14.5. The Morgan fingerprint density at radius 1 is 0.951 bits per heavy atom. The number of benzene rings is 3. The largest absolute Gasteiger partial charge is 0.480 e. The van der Waals surface area contributed by atoms with Crippen LogP contribution in [0.3, 0.4) is 0 Å². The lowest BCUT2D eigenvalue weighted by atomic mass is 9.47. The van der Waals surface area contributed by atoms with E-state index in [9.17, 15) is 27.9 Å². The maximum atomic E-state index is 14.4. The molecule has 8 heteroatoms. The van der Waals surface area contributed by atoms with Crippen molar-refractivity contribution in [3.8, 4) is 0 Å². The van der Waals surface area contributed by atoms with Gasteiger partial charge in [-0.25, -0.2) is 4.79 Å². The molecule has 1 heterocycles. The molecule has 1 aliphatic heterocycles. The number of alkyl halides is 3. The Balaban J connectivity index is 1.34. The lowest BCUT2D eigenvalue weighted by molar-refractivity contribution is -0.161. The van der Waals surface area contributed by atoms with Crippen LogP contribution < -0.4 is 4.90 Å². The molecule has 1 unspecified atom stereocenters. The Bertz CT molecular complexity index is 1500. The van der Waals surface area contributed by atoms with E-state index in [1.807, 2.05) is 42.2 Å². The van der Waals surface area contributed by atoms with Gasteiger partial charge in [0.05, 0.1) is 16.8 Å². The fraction of sp³-hybridized carbons (Fsp3) is 0.455. The van der Waals surface area contributed by atoms with E-state index in [1.165, 1.54) is 12.1 Å². The molecule has 0 radical (unpaired) electrons. The van der Waals surface area contributed by atoms with Gasteiger partial charge in [-0.05, 0) is 92.4 Å². The molecule has 1 N–H and O–H groups in total. The van der Waals surface area contributed by atoms with Gasteiger partial charge in [-0.1, -0.05) is 42.5 Å². The number of nitrogens with zero attached hydrogens (tertiary/aromatic N) is 2. The predicted molar refractivity (Wildman–Crippen MR) is 149 cm³/mol. The molecule has 3 aromatic rings. The van der Waals surface area contributed by atoms with Crippen molar-refractivity contribution >= 4 is 28.3 Å². The first-order chi connectivity index (χ1) is 19.5. The molecule has 2 atom stereocenters. The fourth-order valence-corrected chi connectivity index (χ4v) is 9.11. The van der Waals surface area contributed by atoms with Gasteiger partial charge >= 0.3 is 12.1 Å². The van der Waals surface area contributed by atoms with E-state index >= 15 is 0 Å². The van der Waals surface area contributed by atoms with Gasteiger partial charge in [-0.15, -0.1) is 0 Å². The molecule has 0 spiro atoms. The Morgan fingerprint density at radius 2 is 1.56 bits per heavy atom. The van der Waals surface area contributed by atoms with Crippen molar-refractivity contribution in [3.05, 3.63) is 77.4 Å². The third kappa shape index (κ3) is 4.20. The minimum atomic E-state index is -4.43. The topological polar surface area (TPSA) is 60.9 Å². The first-order valence-corrected chi connectivity index (χ1v) is 14.5. The number of carboxylic acid groups (broad SMARTS) is 1. The van der Waals surface area contributed by atoms with Crippen molar-refractivity contribution in [2.45, 2.75) is 70.4 Å². The molecule has 5 aliphatic rings. The van der Waals surface area contributed by atoms with Crippen molar-refractivity contribution in [2.75, 3.05) is 4.90 Å². The van der Waals surface area contributed by atoms with Crippen molar-refractivity contribution in [3.63, 3.8) is 0 Å². The van der Waals surface area contributed by atoms with Crippen LogP contribution in [0.15, 0.2) is 60.7 Å². The number of carbonyl (C=O) groups excluding carboxylic acids is 1. The monoisotopic (exact) mass is 562 g/mol. The highest BCUT2D eigenvalue weighted by atomic mass is 19.4. The maximum absolute atomic E-state index is 14.4. The zero-order valence-corrected chi connectivity index (χ0v) is 22.9. The summed E-state index contributed by atoms with van der Waals surface area (Å²) >= 11 is 0. The summed E-state index contributed by atoms with van der Waals surface area (Å²) in [6.45, 7) is 2.10. The molecule has 214 valence electrons. The lowest BCUT2D eigenvalue weighted by Crippen LogP contribution is -2.66. The van der Waals surface area contributed by atoms with E-state index in [1.54, 1.807) is 11.0 Å². The Hall–Kier alpha value is -3.55. The zero-order valence-electron chi connectivity index (χ0n) is 22.9. The van der Waals surface area contributed by atoms with E-state index in [0.717, 1.165) is 61.4 Å². The minimum absolute atomic E-state index is 0.233. The molecule has 3 aromatic carbocycles. The average molecular weight is 563 g/mol. The van der Waals surface area contributed by atoms with E-state index in [4.69, 9.17) is 0 Å². The maximum Gasteiger partial charge on any atom is 0.416 e. The third-order valence-electron chi connectivity index (χ3n) is 10.3. The highest BCUT2D eigenvalue weighted by Crippen LogP contribution is 2.62. The second kappa shape index (κ2) is 9.23. The van der Waals surface area contributed by atoms with Crippen LogP contribution in [0.2, 0.25) is 0 Å². The quantitative estimate of drug-likeness (QED) is 0.354. The van der Waals surface area contributed by atoms with E-state index in [2.05, 4.69) is 0 Å². The van der Waals surface area contributed by atoms with E-state index in [0.29, 0.717) is 34.6 Å². The average Bonchev–Trinajstić information content (AvgIpc) is 2.91. The van der Waals surface area contributed by atoms with Gasteiger partial charge in [-0.2, -0.15) is 13.2 Å². The molecule has 5 nitrogen and oxygen atoms in total. The SMILES string of the molecule is C[C@H]1N(Cc2ccc(C(F)(F)F)cc2)c2c(ccc3ccccc23)C(=O)N1C(C(=O)O)C12CC3CC(CC(C3)C1)C2. The van der Waals surface area contributed by atoms with Gasteiger partial charge < -0.3 is 14.9 Å². The Morgan fingerprint density at radius 3 is 2.15 bits per heavy atom. The first kappa shape index (κ1) is 26.4. The van der Waals surface area contributed by atoms with Crippen LogP contribution in [0, 0.1) is 23.2 Å². The second-order valence-electron chi connectivity index (χ2n) is 12.9. The lowest BCUT2D eigenvalue weighted by Gasteiger charge is -2.61. The van der Waals surface area contributed by atoms with Crippen LogP contribution in [-0.4, -0.2) is 34.1 Å². The van der Waals surface area contributed by atoms with E-state index < -0.39 is 35.3 Å². The molecule has 0 aromatic heterocycles. The molecule has 1 amide bonds. The summed E-state index contributed by atoms with van der Waals surface area (Å²) in [7, 11) is 0. The summed E-state index contributed by atoms with van der Waals surface area (Å²) in [5.41, 5.74) is 0.609. The van der Waals surface area contributed by atoms with Crippen molar-refractivity contribution in [1.29, 1.82) is 0 Å². The normalized spacial score (nSPS) is 29.6. The highest BCUT2D eigenvalue weighted by Gasteiger charge is 2.60. The second-order valence-corrected chi connectivity index (χ2v) is 12.9.